The van der Waals surface area contributed by atoms with Crippen molar-refractivity contribution in [2.45, 2.75) is 18.9 Å². The van der Waals surface area contributed by atoms with Gasteiger partial charge in [0.1, 0.15) is 0 Å². The van der Waals surface area contributed by atoms with Gasteiger partial charge < -0.3 is 10.2 Å². The van der Waals surface area contributed by atoms with Gasteiger partial charge in [0.25, 0.3) is 5.91 Å². The van der Waals surface area contributed by atoms with Crippen LogP contribution in [0.2, 0.25) is 0 Å². The second kappa shape index (κ2) is 4.59. The van der Waals surface area contributed by atoms with E-state index in [1.54, 1.807) is 10.7 Å². The Hall–Kier alpha value is -1.88. The van der Waals surface area contributed by atoms with Crippen LogP contribution in [-0.4, -0.2) is 46.1 Å². The van der Waals surface area contributed by atoms with Crippen LogP contribution in [0.25, 0.3) is 5.52 Å². The average Bonchev–Trinajstić information content (AvgIpc) is 3.10. The highest BCUT2D eigenvalue weighted by Crippen LogP contribution is 2.26. The molecule has 0 aliphatic carbocycles. The number of aromatic nitrogens is 2. The average molecular weight is 270 g/mol. The molecule has 2 aromatic rings. The van der Waals surface area contributed by atoms with Gasteiger partial charge in [0.15, 0.2) is 0 Å². The molecule has 0 saturated carbocycles. The molecule has 4 rings (SSSR count). The third-order valence-corrected chi connectivity index (χ3v) is 4.54. The van der Waals surface area contributed by atoms with Crippen LogP contribution in [0.1, 0.15) is 23.2 Å². The second-order valence-electron chi connectivity index (χ2n) is 5.76. The number of carbonyl (C=O) groups is 1. The van der Waals surface area contributed by atoms with Crippen molar-refractivity contribution in [3.05, 3.63) is 36.2 Å². The maximum atomic E-state index is 12.7. The number of likely N-dealkylation sites (tertiary alicyclic amines) is 1. The lowest BCUT2D eigenvalue weighted by atomic mass is 9.94. The molecule has 0 unspecified atom stereocenters. The smallest absolute Gasteiger partial charge is 0.257 e. The topological polar surface area (TPSA) is 49.6 Å². The summed E-state index contributed by atoms with van der Waals surface area (Å²) in [7, 11) is 0. The Morgan fingerprint density at radius 3 is 3.20 bits per heavy atom. The number of carbonyl (C=O) groups excluding carboxylic acids is 1. The first-order chi connectivity index (χ1) is 9.83. The molecule has 1 amide bonds. The first-order valence-corrected chi connectivity index (χ1v) is 7.28. The maximum absolute atomic E-state index is 12.7. The van der Waals surface area contributed by atoms with E-state index in [0.29, 0.717) is 17.5 Å². The minimum atomic E-state index is 0.113. The van der Waals surface area contributed by atoms with Crippen molar-refractivity contribution >= 4 is 11.4 Å². The molecule has 2 saturated heterocycles. The highest BCUT2D eigenvalue weighted by Gasteiger charge is 2.37. The van der Waals surface area contributed by atoms with Crippen molar-refractivity contribution in [1.29, 1.82) is 0 Å². The molecule has 5 heteroatoms. The molecule has 2 aromatic heterocycles. The molecule has 0 spiro atoms. The highest BCUT2D eigenvalue weighted by atomic mass is 16.2. The summed E-state index contributed by atoms with van der Waals surface area (Å²) in [6.45, 7) is 2.79. The van der Waals surface area contributed by atoms with Gasteiger partial charge in [0.05, 0.1) is 17.3 Å². The summed E-state index contributed by atoms with van der Waals surface area (Å²) in [6.07, 6.45) is 6.01. The van der Waals surface area contributed by atoms with Crippen LogP contribution in [0.5, 0.6) is 0 Å². The van der Waals surface area contributed by atoms with Gasteiger partial charge in [-0.2, -0.15) is 5.10 Å². The van der Waals surface area contributed by atoms with Crippen LogP contribution in [0.15, 0.2) is 30.6 Å². The molecule has 2 aliphatic rings. The van der Waals surface area contributed by atoms with Crippen molar-refractivity contribution in [3.63, 3.8) is 0 Å². The lowest BCUT2D eigenvalue weighted by Gasteiger charge is -2.24. The Balaban J connectivity index is 1.61. The van der Waals surface area contributed by atoms with Crippen molar-refractivity contribution in [3.8, 4) is 0 Å². The minimum Gasteiger partial charge on any atom is -0.337 e. The molecular weight excluding hydrogens is 252 g/mol. The number of amides is 1. The third kappa shape index (κ3) is 1.81. The lowest BCUT2D eigenvalue weighted by molar-refractivity contribution is 0.0787. The third-order valence-electron chi connectivity index (χ3n) is 4.54. The summed E-state index contributed by atoms with van der Waals surface area (Å²) in [5, 5.41) is 7.79. The van der Waals surface area contributed by atoms with Crippen LogP contribution < -0.4 is 5.32 Å². The summed E-state index contributed by atoms with van der Waals surface area (Å²) < 4.78 is 1.76. The normalized spacial score (nSPS) is 25.9. The predicted octanol–water partition coefficient (Wildman–Crippen LogP) is 1.16. The Morgan fingerprint density at radius 2 is 2.30 bits per heavy atom. The van der Waals surface area contributed by atoms with Gasteiger partial charge in [-0.1, -0.05) is 6.07 Å². The van der Waals surface area contributed by atoms with E-state index in [1.807, 2.05) is 29.3 Å². The van der Waals surface area contributed by atoms with Gasteiger partial charge in [-0.05, 0) is 37.4 Å². The SMILES string of the molecule is O=C(c1cnn2ccccc12)N1C[C@@H]2CCCN[C@@H]2C1. The minimum absolute atomic E-state index is 0.113. The van der Waals surface area contributed by atoms with Crippen LogP contribution in [0.3, 0.4) is 0 Å². The fourth-order valence-electron chi connectivity index (χ4n) is 3.48. The van der Waals surface area contributed by atoms with Crippen LogP contribution in [0, 0.1) is 5.92 Å². The number of hydrogen-bond donors (Lipinski definition) is 1. The maximum Gasteiger partial charge on any atom is 0.257 e. The summed E-state index contributed by atoms with van der Waals surface area (Å²) in [4.78, 5) is 14.7. The van der Waals surface area contributed by atoms with E-state index in [-0.39, 0.29) is 5.91 Å². The Morgan fingerprint density at radius 1 is 1.35 bits per heavy atom. The molecule has 5 nitrogen and oxygen atoms in total. The number of piperidine rings is 1. The summed E-state index contributed by atoms with van der Waals surface area (Å²) in [5.41, 5.74) is 1.60. The molecule has 4 heterocycles. The summed E-state index contributed by atoms with van der Waals surface area (Å²) in [5.74, 6) is 0.733. The monoisotopic (exact) mass is 270 g/mol. The first kappa shape index (κ1) is 11.9. The van der Waals surface area contributed by atoms with Crippen molar-refractivity contribution in [2.24, 2.45) is 5.92 Å². The van der Waals surface area contributed by atoms with Gasteiger partial charge in [0.2, 0.25) is 0 Å². The van der Waals surface area contributed by atoms with E-state index in [2.05, 4.69) is 10.4 Å². The molecule has 0 bridgehead atoms. The second-order valence-corrected chi connectivity index (χ2v) is 5.76. The Labute approximate surface area is 117 Å². The molecule has 2 fully saturated rings. The fourth-order valence-corrected chi connectivity index (χ4v) is 3.48. The van der Waals surface area contributed by atoms with Crippen molar-refractivity contribution < 1.29 is 4.79 Å². The molecular formula is C15H18N4O. The van der Waals surface area contributed by atoms with E-state index < -0.39 is 0 Å². The van der Waals surface area contributed by atoms with E-state index >= 15 is 0 Å². The first-order valence-electron chi connectivity index (χ1n) is 7.28. The van der Waals surface area contributed by atoms with Gasteiger partial charge in [0, 0.05) is 25.3 Å². The van der Waals surface area contributed by atoms with Crippen LogP contribution >= 0.6 is 0 Å². The van der Waals surface area contributed by atoms with Gasteiger partial charge in [-0.25, -0.2) is 4.52 Å². The van der Waals surface area contributed by atoms with E-state index in [9.17, 15) is 4.79 Å². The van der Waals surface area contributed by atoms with Crippen LogP contribution in [0.4, 0.5) is 0 Å². The van der Waals surface area contributed by atoms with Gasteiger partial charge in [-0.15, -0.1) is 0 Å². The quantitative estimate of drug-likeness (QED) is 0.846. The zero-order chi connectivity index (χ0) is 13.5. The van der Waals surface area contributed by atoms with Gasteiger partial charge >= 0.3 is 0 Å². The number of nitrogens with one attached hydrogen (secondary N) is 1. The summed E-state index contributed by atoms with van der Waals surface area (Å²) >= 11 is 0. The van der Waals surface area contributed by atoms with Crippen molar-refractivity contribution in [2.75, 3.05) is 19.6 Å². The molecule has 104 valence electrons. The standard InChI is InChI=1S/C15H18N4O/c20-15(12-8-17-19-7-2-1-5-14(12)19)18-9-11-4-3-6-16-13(11)10-18/h1-2,5,7-8,11,13,16H,3-4,6,9-10H2/t11-,13+/m0/s1. The number of nitrogens with zero attached hydrogens (tertiary/aromatic N) is 3. The van der Waals surface area contributed by atoms with Gasteiger partial charge in [-0.3, -0.25) is 4.79 Å². The van der Waals surface area contributed by atoms with E-state index in [0.717, 1.165) is 25.2 Å². The zero-order valence-corrected chi connectivity index (χ0v) is 11.3. The highest BCUT2D eigenvalue weighted by molar-refractivity contribution is 6.00. The molecule has 2 aliphatic heterocycles. The van der Waals surface area contributed by atoms with E-state index in [1.165, 1.54) is 12.8 Å². The number of pyridine rings is 1. The van der Waals surface area contributed by atoms with Crippen LogP contribution in [-0.2, 0) is 0 Å². The molecule has 0 aromatic carbocycles. The zero-order valence-electron chi connectivity index (χ0n) is 11.3. The van der Waals surface area contributed by atoms with Crippen molar-refractivity contribution in [1.82, 2.24) is 19.8 Å². The summed E-state index contributed by atoms with van der Waals surface area (Å²) in [6, 6.07) is 6.29. The molecule has 0 radical (unpaired) electrons. The number of rotatable bonds is 1. The Bertz CT molecular complexity index is 636. The number of hydrogen-bond acceptors (Lipinski definition) is 3. The predicted molar refractivity (Wildman–Crippen MR) is 75.6 cm³/mol. The molecule has 2 atom stereocenters. The molecule has 1 N–H and O–H groups in total. The lowest BCUT2D eigenvalue weighted by Crippen LogP contribution is -2.41. The Kier molecular flexibility index (Phi) is 2.73. The van der Waals surface area contributed by atoms with E-state index in [4.69, 9.17) is 0 Å². The molecule has 20 heavy (non-hydrogen) atoms. The fraction of sp³-hybridized carbons (Fsp3) is 0.467. The number of fused-ring (bicyclic) bond motifs is 2. The largest absolute Gasteiger partial charge is 0.337 e.